The Morgan fingerprint density at radius 1 is 1.24 bits per heavy atom. The number of hydrogen-bond donors (Lipinski definition) is 2. The molecule has 3 N–H and O–H groups in total. The van der Waals surface area contributed by atoms with Crippen LogP contribution in [0.3, 0.4) is 0 Å². The number of carbonyl (C=O) groups is 1. The van der Waals surface area contributed by atoms with E-state index in [-0.39, 0.29) is 36.3 Å². The number of carbonyl (C=O) groups excluding carboxylic acids is 1. The van der Waals surface area contributed by atoms with Crippen molar-refractivity contribution in [2.45, 2.75) is 47.1 Å². The second-order valence-electron chi connectivity index (χ2n) is 8.18. The third kappa shape index (κ3) is 5.02. The molecule has 0 atom stereocenters. The van der Waals surface area contributed by atoms with Crippen LogP contribution >= 0.6 is 0 Å². The molecule has 2 heterocycles. The number of H-pyrrole nitrogens is 1. The second-order valence-corrected chi connectivity index (χ2v) is 8.18. The van der Waals surface area contributed by atoms with Crippen LogP contribution in [0.4, 0.5) is 15.9 Å². The Labute approximate surface area is 189 Å². The van der Waals surface area contributed by atoms with Gasteiger partial charge < -0.3 is 5.73 Å². The number of aryl methyl sites for hydroxylation is 1. The molecule has 0 saturated carbocycles. The Hall–Kier alpha value is -3.76. The minimum atomic E-state index is -0.753. The van der Waals surface area contributed by atoms with Crippen molar-refractivity contribution in [3.63, 3.8) is 0 Å². The topological polar surface area (TPSA) is 132 Å². The van der Waals surface area contributed by atoms with Gasteiger partial charge in [0, 0.05) is 13.1 Å². The Morgan fingerprint density at radius 2 is 1.91 bits per heavy atom. The van der Waals surface area contributed by atoms with E-state index in [2.05, 4.69) is 15.1 Å². The standard InChI is InChI=1S/C22H28FN7O3/c1-5-6-11-28(17-18(24)29(12-13(2)3)22(33)26-20(17)31)21(32)19-25-14(4)30(27-19)16-9-7-15(23)8-10-16/h7-10,13H,5-6,11-12,24H2,1-4H3,(H,26,31,33). The van der Waals surface area contributed by atoms with E-state index in [9.17, 15) is 18.8 Å². The summed E-state index contributed by atoms with van der Waals surface area (Å²) in [4.78, 5) is 46.3. The predicted molar refractivity (Wildman–Crippen MR) is 123 cm³/mol. The van der Waals surface area contributed by atoms with Crippen LogP contribution in [-0.4, -0.2) is 36.8 Å². The molecular weight excluding hydrogens is 429 g/mol. The van der Waals surface area contributed by atoms with Crippen molar-refractivity contribution in [1.29, 1.82) is 0 Å². The molecule has 0 saturated heterocycles. The number of nitrogens with two attached hydrogens (primary N) is 1. The Balaban J connectivity index is 2.09. The van der Waals surface area contributed by atoms with Gasteiger partial charge in [0.2, 0.25) is 5.82 Å². The van der Waals surface area contributed by atoms with E-state index >= 15 is 0 Å². The number of nitrogens with zero attached hydrogens (tertiary/aromatic N) is 5. The highest BCUT2D eigenvalue weighted by Crippen LogP contribution is 2.21. The molecule has 11 heteroatoms. The summed E-state index contributed by atoms with van der Waals surface area (Å²) in [6, 6.07) is 5.60. The van der Waals surface area contributed by atoms with Crippen molar-refractivity contribution in [1.82, 2.24) is 24.3 Å². The largest absolute Gasteiger partial charge is 0.383 e. The van der Waals surface area contributed by atoms with Crippen molar-refractivity contribution >= 4 is 17.4 Å². The molecule has 1 amide bonds. The van der Waals surface area contributed by atoms with Crippen LogP contribution in [-0.2, 0) is 6.54 Å². The summed E-state index contributed by atoms with van der Waals surface area (Å²) in [6.45, 7) is 7.89. The monoisotopic (exact) mass is 457 g/mol. The van der Waals surface area contributed by atoms with Crippen LogP contribution in [0.5, 0.6) is 0 Å². The van der Waals surface area contributed by atoms with Crippen molar-refractivity contribution < 1.29 is 9.18 Å². The fourth-order valence-corrected chi connectivity index (χ4v) is 3.44. The lowest BCUT2D eigenvalue weighted by atomic mass is 10.2. The maximum atomic E-state index is 13.5. The number of nitrogen functional groups attached to an aromatic ring is 1. The maximum Gasteiger partial charge on any atom is 0.330 e. The van der Waals surface area contributed by atoms with E-state index in [4.69, 9.17) is 5.73 Å². The Morgan fingerprint density at radius 3 is 2.52 bits per heavy atom. The van der Waals surface area contributed by atoms with Crippen molar-refractivity contribution in [2.24, 2.45) is 5.92 Å². The zero-order valence-electron chi connectivity index (χ0n) is 19.1. The molecule has 176 valence electrons. The zero-order chi connectivity index (χ0) is 24.3. The fraction of sp³-hybridized carbons (Fsp3) is 0.409. The third-order valence-electron chi connectivity index (χ3n) is 5.04. The number of anilines is 2. The minimum Gasteiger partial charge on any atom is -0.383 e. The fourth-order valence-electron chi connectivity index (χ4n) is 3.44. The van der Waals surface area contributed by atoms with E-state index in [1.807, 2.05) is 20.8 Å². The van der Waals surface area contributed by atoms with Gasteiger partial charge in [0.25, 0.3) is 11.5 Å². The molecule has 33 heavy (non-hydrogen) atoms. The lowest BCUT2D eigenvalue weighted by Crippen LogP contribution is -2.42. The van der Waals surface area contributed by atoms with Crippen molar-refractivity contribution in [3.05, 3.63) is 62.6 Å². The number of hydrogen-bond acceptors (Lipinski definition) is 6. The van der Waals surface area contributed by atoms with Gasteiger partial charge in [0.15, 0.2) is 5.69 Å². The quantitative estimate of drug-likeness (QED) is 0.533. The highest BCUT2D eigenvalue weighted by atomic mass is 19.1. The molecule has 3 aromatic rings. The van der Waals surface area contributed by atoms with Gasteiger partial charge in [0.1, 0.15) is 17.5 Å². The van der Waals surface area contributed by atoms with Crippen LogP contribution in [0.1, 0.15) is 50.1 Å². The summed E-state index contributed by atoms with van der Waals surface area (Å²) in [7, 11) is 0. The Bertz CT molecular complexity index is 1260. The molecule has 3 rings (SSSR count). The summed E-state index contributed by atoms with van der Waals surface area (Å²) in [5.74, 6) is -0.764. The summed E-state index contributed by atoms with van der Waals surface area (Å²) < 4.78 is 16.0. The molecule has 0 aliphatic rings. The summed E-state index contributed by atoms with van der Waals surface area (Å²) in [5, 5.41) is 4.28. The van der Waals surface area contributed by atoms with Crippen LogP contribution in [0, 0.1) is 18.7 Å². The smallest absolute Gasteiger partial charge is 0.330 e. The maximum absolute atomic E-state index is 13.5. The van der Waals surface area contributed by atoms with E-state index in [1.54, 1.807) is 6.92 Å². The number of unbranched alkanes of at least 4 members (excludes halogenated alkanes) is 1. The normalized spacial score (nSPS) is 11.2. The molecule has 1 aromatic carbocycles. The predicted octanol–water partition coefficient (Wildman–Crippen LogP) is 2.25. The molecule has 0 radical (unpaired) electrons. The summed E-state index contributed by atoms with van der Waals surface area (Å²) in [5.41, 5.74) is 5.27. The Kier molecular flexibility index (Phi) is 7.10. The number of amides is 1. The SMILES string of the molecule is CCCCN(C(=O)c1nc(C)n(-c2ccc(F)cc2)n1)c1c(N)n(CC(C)C)c(=O)[nH]c1=O. The van der Waals surface area contributed by atoms with E-state index in [1.165, 1.54) is 38.4 Å². The van der Waals surface area contributed by atoms with Crippen molar-refractivity contribution in [3.8, 4) is 5.69 Å². The lowest BCUT2D eigenvalue weighted by molar-refractivity contribution is 0.0976. The van der Waals surface area contributed by atoms with Gasteiger partial charge in [0.05, 0.1) is 5.69 Å². The van der Waals surface area contributed by atoms with Gasteiger partial charge in [-0.15, -0.1) is 5.10 Å². The van der Waals surface area contributed by atoms with Gasteiger partial charge in [-0.25, -0.2) is 18.9 Å². The van der Waals surface area contributed by atoms with E-state index < -0.39 is 23.0 Å². The zero-order valence-corrected chi connectivity index (χ0v) is 19.1. The van der Waals surface area contributed by atoms with Gasteiger partial charge >= 0.3 is 5.69 Å². The summed E-state index contributed by atoms with van der Waals surface area (Å²) in [6.07, 6.45) is 1.34. The number of aromatic amines is 1. The molecule has 0 spiro atoms. The average molecular weight is 458 g/mol. The second kappa shape index (κ2) is 9.80. The molecule has 0 unspecified atom stereocenters. The van der Waals surface area contributed by atoms with Gasteiger partial charge in [-0.2, -0.15) is 0 Å². The molecule has 0 aliphatic heterocycles. The van der Waals surface area contributed by atoms with E-state index in [0.717, 1.165) is 6.42 Å². The minimum absolute atomic E-state index is 0.0827. The van der Waals surface area contributed by atoms with E-state index in [0.29, 0.717) is 17.9 Å². The van der Waals surface area contributed by atoms with Crippen LogP contribution in [0.2, 0.25) is 0 Å². The highest BCUT2D eigenvalue weighted by molar-refractivity contribution is 6.04. The first-order valence-corrected chi connectivity index (χ1v) is 10.8. The van der Waals surface area contributed by atoms with Gasteiger partial charge in [-0.05, 0) is 43.5 Å². The molecule has 0 fully saturated rings. The highest BCUT2D eigenvalue weighted by Gasteiger charge is 2.28. The lowest BCUT2D eigenvalue weighted by Gasteiger charge is -2.23. The van der Waals surface area contributed by atoms with Crippen LogP contribution in [0.25, 0.3) is 5.69 Å². The average Bonchev–Trinajstić information content (AvgIpc) is 3.15. The number of aromatic nitrogens is 5. The number of benzene rings is 1. The first-order chi connectivity index (χ1) is 15.6. The first-order valence-electron chi connectivity index (χ1n) is 10.8. The molecule has 10 nitrogen and oxygen atoms in total. The molecule has 0 aliphatic carbocycles. The first kappa shape index (κ1) is 23.9. The van der Waals surface area contributed by atoms with Crippen LogP contribution < -0.4 is 21.9 Å². The number of halogens is 1. The molecule has 2 aromatic heterocycles. The third-order valence-corrected chi connectivity index (χ3v) is 5.04. The van der Waals surface area contributed by atoms with Gasteiger partial charge in [-0.3, -0.25) is 24.0 Å². The molecular formula is C22H28FN7O3. The van der Waals surface area contributed by atoms with Crippen LogP contribution in [0.15, 0.2) is 33.9 Å². The molecule has 0 bridgehead atoms. The number of nitrogens with one attached hydrogen (secondary N) is 1. The number of rotatable bonds is 8. The van der Waals surface area contributed by atoms with Crippen molar-refractivity contribution in [2.75, 3.05) is 17.2 Å². The van der Waals surface area contributed by atoms with Gasteiger partial charge in [-0.1, -0.05) is 27.2 Å². The summed E-state index contributed by atoms with van der Waals surface area (Å²) >= 11 is 0.